The number of hydrazone groups is 1. The molecule has 262 valence electrons. The highest BCUT2D eigenvalue weighted by atomic mass is 19.2. The van der Waals surface area contributed by atoms with Crippen LogP contribution in [0, 0.1) is 29.1 Å². The number of hydrogen-bond acceptors (Lipinski definition) is 11. The quantitative estimate of drug-likeness (QED) is 0.0173. The van der Waals surface area contributed by atoms with Crippen molar-refractivity contribution >= 4 is 17.9 Å². The monoisotopic (exact) mass is 677 g/mol. The van der Waals surface area contributed by atoms with Crippen molar-refractivity contribution in [3.05, 3.63) is 53.4 Å². The van der Waals surface area contributed by atoms with E-state index in [0.29, 0.717) is 45.3 Å². The molecule has 0 aliphatic carbocycles. The second-order valence-corrected chi connectivity index (χ2v) is 9.73. The Morgan fingerprint density at radius 1 is 0.681 bits per heavy atom. The molecule has 0 saturated carbocycles. The molecule has 11 nitrogen and oxygen atoms in total. The van der Waals surface area contributed by atoms with Gasteiger partial charge in [0.2, 0.25) is 34.8 Å². The molecular formula is C31H40F5N3O8. The lowest BCUT2D eigenvalue weighted by Crippen LogP contribution is -2.16. The number of esters is 1. The van der Waals surface area contributed by atoms with Gasteiger partial charge in [-0.3, -0.25) is 9.79 Å². The first-order valence-electron chi connectivity index (χ1n) is 15.0. The van der Waals surface area contributed by atoms with E-state index in [4.69, 9.17) is 29.5 Å². The van der Waals surface area contributed by atoms with Gasteiger partial charge in [0, 0.05) is 6.21 Å². The summed E-state index contributed by atoms with van der Waals surface area (Å²) in [5.74, 6) is -7.75. The summed E-state index contributed by atoms with van der Waals surface area (Å²) >= 11 is 0. The van der Waals surface area contributed by atoms with Crippen molar-refractivity contribution in [2.24, 2.45) is 15.9 Å². The van der Waals surface area contributed by atoms with E-state index in [-0.39, 0.29) is 32.2 Å². The van der Waals surface area contributed by atoms with Crippen LogP contribution in [0.25, 0.3) is 0 Å². The summed E-state index contributed by atoms with van der Waals surface area (Å²) in [6, 6.07) is 6.64. The molecule has 2 aromatic carbocycles. The average molecular weight is 678 g/mol. The van der Waals surface area contributed by atoms with Crippen LogP contribution in [0.4, 0.5) is 22.0 Å². The lowest BCUT2D eigenvalue weighted by atomic mass is 10.1. The number of halogens is 5. The molecule has 0 amide bonds. The third kappa shape index (κ3) is 16.0. The van der Waals surface area contributed by atoms with Crippen molar-refractivity contribution in [1.82, 2.24) is 0 Å². The van der Waals surface area contributed by atoms with Gasteiger partial charge >= 0.3 is 5.97 Å². The van der Waals surface area contributed by atoms with E-state index < -0.39 is 47.2 Å². The van der Waals surface area contributed by atoms with Gasteiger partial charge in [0.25, 0.3) is 0 Å². The van der Waals surface area contributed by atoms with Crippen LogP contribution in [-0.4, -0.2) is 89.0 Å². The highest BCUT2D eigenvalue weighted by Crippen LogP contribution is 2.29. The average Bonchev–Trinajstić information content (AvgIpc) is 3.07. The van der Waals surface area contributed by atoms with E-state index in [1.807, 2.05) is 0 Å². The van der Waals surface area contributed by atoms with Gasteiger partial charge in [-0.25, -0.2) is 13.2 Å². The molecule has 0 fully saturated rings. The standard InChI is InChI=1S/C31H40F5N3O8/c32-26-27(33)29(35)31(30(36)28(26)34)47-25(41)10-13-42-15-17-44-19-20-45-18-16-43-14-11-38-21-22(39-37)5-3-1-2-4-12-46-24-8-6-23(40)7-9-24/h6-9,21,40H,1-5,10-20,37H2/b38-21?,39-22-. The summed E-state index contributed by atoms with van der Waals surface area (Å²) in [5, 5.41) is 13.0. The van der Waals surface area contributed by atoms with Crippen LogP contribution < -0.4 is 15.3 Å². The zero-order chi connectivity index (χ0) is 34.3. The lowest BCUT2D eigenvalue weighted by molar-refractivity contribution is -0.136. The van der Waals surface area contributed by atoms with Gasteiger partial charge in [0.1, 0.15) is 11.5 Å². The number of hydrogen-bond donors (Lipinski definition) is 2. The zero-order valence-corrected chi connectivity index (χ0v) is 25.9. The molecule has 0 atom stereocenters. The van der Waals surface area contributed by atoms with E-state index >= 15 is 0 Å². The number of benzene rings is 2. The Kier molecular flexibility index (Phi) is 19.6. The summed E-state index contributed by atoms with van der Waals surface area (Å²) in [4.78, 5) is 15.9. The van der Waals surface area contributed by atoms with E-state index in [2.05, 4.69) is 14.8 Å². The maximum atomic E-state index is 13.5. The SMILES string of the molecule is N/N=C(\C=NCCOCCOCCOCCOCCC(=O)Oc1c(F)c(F)c(F)c(F)c1F)CCCCCCOc1ccc(O)cc1. The van der Waals surface area contributed by atoms with Crippen LogP contribution in [0.5, 0.6) is 17.2 Å². The number of unbranched alkanes of at least 4 members (excludes halogenated alkanes) is 3. The minimum Gasteiger partial charge on any atom is -0.508 e. The molecule has 0 aliphatic rings. The molecule has 0 saturated heterocycles. The third-order valence-corrected chi connectivity index (χ3v) is 6.16. The molecule has 3 N–H and O–H groups in total. The number of phenols is 1. The molecule has 0 bridgehead atoms. The molecule has 0 aliphatic heterocycles. The van der Waals surface area contributed by atoms with Gasteiger partial charge < -0.3 is 39.4 Å². The number of carbonyl (C=O) groups is 1. The van der Waals surface area contributed by atoms with Gasteiger partial charge in [-0.15, -0.1) is 0 Å². The van der Waals surface area contributed by atoms with Gasteiger partial charge in [0.05, 0.1) is 78.1 Å². The topological polar surface area (TPSA) is 143 Å². The van der Waals surface area contributed by atoms with E-state index in [9.17, 15) is 31.9 Å². The van der Waals surface area contributed by atoms with Gasteiger partial charge in [-0.05, 0) is 43.5 Å². The summed E-state index contributed by atoms with van der Waals surface area (Å²) in [6.07, 6.45) is 5.77. The molecule has 2 aromatic rings. The molecule has 16 heteroatoms. The van der Waals surface area contributed by atoms with Crippen molar-refractivity contribution in [2.75, 3.05) is 66.0 Å². The van der Waals surface area contributed by atoms with Crippen molar-refractivity contribution in [2.45, 2.75) is 38.5 Å². The lowest BCUT2D eigenvalue weighted by Gasteiger charge is -2.09. The second kappa shape index (κ2) is 23.5. The largest absolute Gasteiger partial charge is 0.508 e. The maximum Gasteiger partial charge on any atom is 0.313 e. The van der Waals surface area contributed by atoms with Crippen LogP contribution in [0.15, 0.2) is 34.4 Å². The van der Waals surface area contributed by atoms with Crippen molar-refractivity contribution in [3.63, 3.8) is 0 Å². The number of nitrogens with zero attached hydrogens (tertiary/aromatic N) is 2. The molecule has 0 radical (unpaired) electrons. The molecule has 0 aromatic heterocycles. The summed E-state index contributed by atoms with van der Waals surface area (Å²) in [6.45, 7) is 2.77. The van der Waals surface area contributed by atoms with Crippen molar-refractivity contribution in [1.29, 1.82) is 0 Å². The summed E-state index contributed by atoms with van der Waals surface area (Å²) < 4.78 is 97.5. The van der Waals surface area contributed by atoms with Crippen molar-refractivity contribution in [3.8, 4) is 17.2 Å². The molecular weight excluding hydrogens is 637 g/mol. The second-order valence-electron chi connectivity index (χ2n) is 9.73. The predicted octanol–water partition coefficient (Wildman–Crippen LogP) is 4.86. The van der Waals surface area contributed by atoms with Crippen LogP contribution in [0.2, 0.25) is 0 Å². The predicted molar refractivity (Wildman–Crippen MR) is 161 cm³/mol. The van der Waals surface area contributed by atoms with Gasteiger partial charge in [-0.2, -0.15) is 13.9 Å². The number of aromatic hydroxyl groups is 1. The van der Waals surface area contributed by atoms with Crippen LogP contribution in [-0.2, 0) is 23.7 Å². The normalized spacial score (nSPS) is 11.8. The highest BCUT2D eigenvalue weighted by Gasteiger charge is 2.28. The Hall–Kier alpha value is -3.86. The molecule has 2 rings (SSSR count). The minimum absolute atomic E-state index is 0.0778. The number of ether oxygens (including phenoxy) is 6. The Morgan fingerprint density at radius 2 is 1.21 bits per heavy atom. The number of aliphatic imine (C=N–C) groups is 1. The number of carbonyl (C=O) groups excluding carboxylic acids is 1. The van der Waals surface area contributed by atoms with Crippen LogP contribution >= 0.6 is 0 Å². The first-order chi connectivity index (χ1) is 22.7. The number of phenolic OH excluding ortho intramolecular Hbond substituents is 1. The molecule has 0 spiro atoms. The van der Waals surface area contributed by atoms with Crippen molar-refractivity contribution < 1.29 is 60.3 Å². The van der Waals surface area contributed by atoms with Crippen LogP contribution in [0.3, 0.4) is 0 Å². The highest BCUT2D eigenvalue weighted by molar-refractivity contribution is 6.30. The molecule has 0 heterocycles. The Morgan fingerprint density at radius 3 is 1.81 bits per heavy atom. The summed E-state index contributed by atoms with van der Waals surface area (Å²) in [5.41, 5.74) is 0.715. The molecule has 0 unspecified atom stereocenters. The molecule has 47 heavy (non-hydrogen) atoms. The van der Waals surface area contributed by atoms with Crippen LogP contribution in [0.1, 0.15) is 38.5 Å². The first kappa shape index (κ1) is 39.3. The van der Waals surface area contributed by atoms with Gasteiger partial charge in [0.15, 0.2) is 0 Å². The maximum absolute atomic E-state index is 13.5. The third-order valence-electron chi connectivity index (χ3n) is 6.16. The van der Waals surface area contributed by atoms with Gasteiger partial charge in [-0.1, -0.05) is 12.8 Å². The van der Waals surface area contributed by atoms with E-state index in [1.165, 1.54) is 0 Å². The number of nitrogens with two attached hydrogens (primary N) is 1. The first-order valence-corrected chi connectivity index (χ1v) is 15.0. The minimum atomic E-state index is -2.35. The fraction of sp³-hybridized carbons (Fsp3) is 0.516. The Balaban J connectivity index is 1.36. The Labute approximate surface area is 269 Å². The Bertz CT molecular complexity index is 1240. The van der Waals surface area contributed by atoms with E-state index in [1.54, 1.807) is 30.5 Å². The number of rotatable bonds is 25. The fourth-order valence-electron chi connectivity index (χ4n) is 3.70. The summed E-state index contributed by atoms with van der Waals surface area (Å²) in [7, 11) is 0. The zero-order valence-electron chi connectivity index (χ0n) is 25.9. The van der Waals surface area contributed by atoms with E-state index in [0.717, 1.165) is 37.9 Å². The fourth-order valence-corrected chi connectivity index (χ4v) is 3.70. The smallest absolute Gasteiger partial charge is 0.313 e.